The molecule has 1 fully saturated rings. The van der Waals surface area contributed by atoms with Crippen molar-refractivity contribution in [1.29, 1.82) is 0 Å². The van der Waals surface area contributed by atoms with Crippen LogP contribution < -0.4 is 5.32 Å². The summed E-state index contributed by atoms with van der Waals surface area (Å²) in [6.07, 6.45) is 9.05. The van der Waals surface area contributed by atoms with Crippen LogP contribution in [0.25, 0.3) is 0 Å². The normalized spacial score (nSPS) is 19.4. The predicted molar refractivity (Wildman–Crippen MR) is 96.3 cm³/mol. The van der Waals surface area contributed by atoms with E-state index in [4.69, 9.17) is 0 Å². The molecule has 0 aromatic carbocycles. The van der Waals surface area contributed by atoms with Crippen LogP contribution in [0, 0.1) is 11.8 Å². The van der Waals surface area contributed by atoms with E-state index in [2.05, 4.69) is 17.2 Å². The molecule has 25 heavy (non-hydrogen) atoms. The minimum absolute atomic E-state index is 0.00138. The number of aromatic nitrogens is 2. The molecule has 1 saturated carbocycles. The highest BCUT2D eigenvalue weighted by molar-refractivity contribution is 5.93. The first-order chi connectivity index (χ1) is 12.1. The van der Waals surface area contributed by atoms with Gasteiger partial charge in [0, 0.05) is 26.7 Å². The van der Waals surface area contributed by atoms with Gasteiger partial charge in [0.15, 0.2) is 0 Å². The Morgan fingerprint density at radius 3 is 2.84 bits per heavy atom. The monoisotopic (exact) mass is 346 g/mol. The standard InChI is InChI=1S/C19H30N4O2/c1-3-4-5-10-22(2)19(25)17-16-9-8-15(12-23(16)13-21-17)18(24)20-11-14-6-7-14/h13-15H,3-12H2,1-2H3,(H,20,24). The smallest absolute Gasteiger partial charge is 0.274 e. The van der Waals surface area contributed by atoms with Crippen LogP contribution >= 0.6 is 0 Å². The highest BCUT2D eigenvalue weighted by Gasteiger charge is 2.30. The minimum Gasteiger partial charge on any atom is -0.356 e. The van der Waals surface area contributed by atoms with Gasteiger partial charge >= 0.3 is 0 Å². The zero-order valence-electron chi connectivity index (χ0n) is 15.5. The average Bonchev–Trinajstić information content (AvgIpc) is 3.36. The van der Waals surface area contributed by atoms with Crippen molar-refractivity contribution in [3.05, 3.63) is 17.7 Å². The minimum atomic E-state index is -0.00862. The molecule has 0 saturated heterocycles. The van der Waals surface area contributed by atoms with Gasteiger partial charge in [-0.1, -0.05) is 19.8 Å². The Morgan fingerprint density at radius 1 is 1.32 bits per heavy atom. The SMILES string of the molecule is CCCCCN(C)C(=O)c1ncn2c1CCC(C(=O)NCC1CC1)C2. The number of fused-ring (bicyclic) bond motifs is 1. The molecule has 6 heteroatoms. The number of amides is 2. The lowest BCUT2D eigenvalue weighted by Crippen LogP contribution is -2.37. The molecule has 1 aliphatic heterocycles. The van der Waals surface area contributed by atoms with Gasteiger partial charge in [-0.3, -0.25) is 9.59 Å². The molecule has 1 aliphatic carbocycles. The number of rotatable bonds is 8. The van der Waals surface area contributed by atoms with E-state index >= 15 is 0 Å². The maximum absolute atomic E-state index is 12.6. The van der Waals surface area contributed by atoms with Gasteiger partial charge in [0.05, 0.1) is 17.9 Å². The second-order valence-corrected chi connectivity index (χ2v) is 7.55. The molecule has 2 amide bonds. The molecule has 6 nitrogen and oxygen atoms in total. The van der Waals surface area contributed by atoms with Crippen LogP contribution in [0.1, 0.15) is 61.6 Å². The Labute approximate surface area is 150 Å². The van der Waals surface area contributed by atoms with Gasteiger partial charge in [0.1, 0.15) is 5.69 Å². The molecule has 1 unspecified atom stereocenters. The van der Waals surface area contributed by atoms with E-state index in [0.29, 0.717) is 18.2 Å². The second kappa shape index (κ2) is 8.02. The first kappa shape index (κ1) is 18.0. The van der Waals surface area contributed by atoms with Crippen molar-refractivity contribution in [3.63, 3.8) is 0 Å². The number of hydrogen-bond acceptors (Lipinski definition) is 3. The fourth-order valence-electron chi connectivity index (χ4n) is 3.45. The van der Waals surface area contributed by atoms with Crippen LogP contribution in [0.3, 0.4) is 0 Å². The van der Waals surface area contributed by atoms with Crippen molar-refractivity contribution >= 4 is 11.8 Å². The summed E-state index contributed by atoms with van der Waals surface area (Å²) in [5.41, 5.74) is 1.55. The highest BCUT2D eigenvalue weighted by Crippen LogP contribution is 2.28. The van der Waals surface area contributed by atoms with Gasteiger partial charge in [0.25, 0.3) is 5.91 Å². The van der Waals surface area contributed by atoms with Crippen molar-refractivity contribution in [2.45, 2.75) is 58.4 Å². The van der Waals surface area contributed by atoms with Crippen molar-refractivity contribution in [2.75, 3.05) is 20.1 Å². The van der Waals surface area contributed by atoms with Gasteiger partial charge in [-0.15, -0.1) is 0 Å². The summed E-state index contributed by atoms with van der Waals surface area (Å²) in [6, 6.07) is 0. The summed E-state index contributed by atoms with van der Waals surface area (Å²) in [6.45, 7) is 4.38. The summed E-state index contributed by atoms with van der Waals surface area (Å²) in [5, 5.41) is 3.07. The third-order valence-corrected chi connectivity index (χ3v) is 5.37. The molecule has 3 rings (SSSR count). The van der Waals surface area contributed by atoms with Crippen molar-refractivity contribution in [1.82, 2.24) is 19.8 Å². The zero-order valence-corrected chi connectivity index (χ0v) is 15.5. The van der Waals surface area contributed by atoms with E-state index in [9.17, 15) is 9.59 Å². The number of imidazole rings is 1. The Morgan fingerprint density at radius 2 is 2.12 bits per heavy atom. The Bertz CT molecular complexity index is 621. The Hall–Kier alpha value is -1.85. The Kier molecular flexibility index (Phi) is 5.76. The van der Waals surface area contributed by atoms with Gasteiger partial charge in [-0.05, 0) is 38.0 Å². The molecular weight excluding hydrogens is 316 g/mol. The maximum atomic E-state index is 12.6. The van der Waals surface area contributed by atoms with Crippen molar-refractivity contribution in [3.8, 4) is 0 Å². The number of carbonyl (C=O) groups is 2. The third-order valence-electron chi connectivity index (χ3n) is 5.37. The van der Waals surface area contributed by atoms with Gasteiger partial charge in [-0.25, -0.2) is 4.98 Å². The van der Waals surface area contributed by atoms with E-state index in [1.54, 1.807) is 11.2 Å². The largest absolute Gasteiger partial charge is 0.356 e. The van der Waals surface area contributed by atoms with E-state index < -0.39 is 0 Å². The van der Waals surface area contributed by atoms with Crippen LogP contribution in [0.2, 0.25) is 0 Å². The number of carbonyl (C=O) groups excluding carboxylic acids is 2. The van der Waals surface area contributed by atoms with E-state index in [1.165, 1.54) is 12.8 Å². The fraction of sp³-hybridized carbons (Fsp3) is 0.737. The van der Waals surface area contributed by atoms with Gasteiger partial charge in [0.2, 0.25) is 5.91 Å². The summed E-state index contributed by atoms with van der Waals surface area (Å²) in [4.78, 5) is 31.1. The first-order valence-electron chi connectivity index (χ1n) is 9.67. The van der Waals surface area contributed by atoms with E-state index in [-0.39, 0.29) is 17.7 Å². The molecule has 0 bridgehead atoms. The number of nitrogens with one attached hydrogen (secondary N) is 1. The van der Waals surface area contributed by atoms with E-state index in [1.807, 2.05) is 11.6 Å². The quantitative estimate of drug-likeness (QED) is 0.734. The molecule has 2 heterocycles. The molecule has 1 aromatic heterocycles. The number of unbranched alkanes of at least 4 members (excludes halogenated alkanes) is 2. The van der Waals surface area contributed by atoms with Crippen LogP contribution in [-0.4, -0.2) is 46.4 Å². The predicted octanol–water partition coefficient (Wildman–Crippen LogP) is 2.23. The molecule has 1 atom stereocenters. The highest BCUT2D eigenvalue weighted by atomic mass is 16.2. The maximum Gasteiger partial charge on any atom is 0.274 e. The molecule has 138 valence electrons. The topological polar surface area (TPSA) is 67.2 Å². The summed E-state index contributed by atoms with van der Waals surface area (Å²) >= 11 is 0. The lowest BCUT2D eigenvalue weighted by Gasteiger charge is -2.24. The van der Waals surface area contributed by atoms with Crippen LogP contribution in [0.5, 0.6) is 0 Å². The first-order valence-corrected chi connectivity index (χ1v) is 9.67. The lowest BCUT2D eigenvalue weighted by atomic mass is 9.96. The summed E-state index contributed by atoms with van der Waals surface area (Å²) in [7, 11) is 1.85. The lowest BCUT2D eigenvalue weighted by molar-refractivity contribution is -0.126. The third kappa shape index (κ3) is 4.41. The zero-order chi connectivity index (χ0) is 17.8. The van der Waals surface area contributed by atoms with Crippen molar-refractivity contribution < 1.29 is 9.59 Å². The number of hydrogen-bond donors (Lipinski definition) is 1. The van der Waals surface area contributed by atoms with Gasteiger partial charge in [-0.2, -0.15) is 0 Å². The van der Waals surface area contributed by atoms with Gasteiger partial charge < -0.3 is 14.8 Å². The molecule has 2 aliphatic rings. The second-order valence-electron chi connectivity index (χ2n) is 7.55. The molecule has 0 radical (unpaired) electrons. The van der Waals surface area contributed by atoms with E-state index in [0.717, 1.165) is 50.9 Å². The van der Waals surface area contributed by atoms with Crippen LogP contribution in [0.4, 0.5) is 0 Å². The molecule has 1 aromatic rings. The van der Waals surface area contributed by atoms with Crippen molar-refractivity contribution in [2.24, 2.45) is 11.8 Å². The fourth-order valence-corrected chi connectivity index (χ4v) is 3.45. The van der Waals surface area contributed by atoms with Crippen LogP contribution in [0.15, 0.2) is 6.33 Å². The summed E-state index contributed by atoms with van der Waals surface area (Å²) < 4.78 is 2.00. The summed E-state index contributed by atoms with van der Waals surface area (Å²) in [5.74, 6) is 0.840. The number of nitrogens with zero attached hydrogens (tertiary/aromatic N) is 3. The molecular formula is C19H30N4O2. The average molecular weight is 346 g/mol. The van der Waals surface area contributed by atoms with Crippen LogP contribution in [-0.2, 0) is 17.8 Å². The molecule has 0 spiro atoms. The Balaban J connectivity index is 1.57. The molecule has 1 N–H and O–H groups in total.